The van der Waals surface area contributed by atoms with Gasteiger partial charge in [0, 0.05) is 16.5 Å². The van der Waals surface area contributed by atoms with E-state index in [-0.39, 0.29) is 44.9 Å². The molecular formula is C30H40O5. The predicted octanol–water partition coefficient (Wildman–Crippen LogP) is 6.37. The first-order chi connectivity index (χ1) is 16.2. The molecule has 0 radical (unpaired) electrons. The average Bonchev–Trinajstić information content (AvgIpc) is 2.81. The lowest BCUT2D eigenvalue weighted by atomic mass is 9.34. The Morgan fingerprint density at radius 3 is 2.31 bits per heavy atom. The van der Waals surface area contributed by atoms with Crippen LogP contribution < -0.4 is 0 Å². The summed E-state index contributed by atoms with van der Waals surface area (Å²) < 4.78 is 5.25. The summed E-state index contributed by atoms with van der Waals surface area (Å²) in [6, 6.07) is 1.62. The number of hydrogen-bond donors (Lipinski definition) is 2. The monoisotopic (exact) mass is 480 g/mol. The van der Waals surface area contributed by atoms with Crippen LogP contribution in [0.1, 0.15) is 101 Å². The highest BCUT2D eigenvalue weighted by Crippen LogP contribution is 2.74. The molecule has 1 aromatic rings. The number of hydrogen-bond acceptors (Lipinski definition) is 5. The van der Waals surface area contributed by atoms with Gasteiger partial charge in [-0.05, 0) is 104 Å². The quantitative estimate of drug-likeness (QED) is 0.360. The minimum Gasteiger partial charge on any atom is -0.504 e. The molecule has 3 fully saturated rings. The number of ether oxygens (including phenoxy) is 1. The van der Waals surface area contributed by atoms with Crippen molar-refractivity contribution in [2.75, 3.05) is 7.11 Å². The standard InChI is InChI=1S/C30H40O5/c1-17-23-18(14-20(32)24(17)33)28(4)11-13-30(6)22-16-27(3,25(34)35-7)9-8-26(22,2)10-12-29(30,5)21(28)15-19(23)31/h14-15,22,32-33H,8-13,16H2,1-7H3. The van der Waals surface area contributed by atoms with Crippen molar-refractivity contribution in [3.05, 3.63) is 34.4 Å². The van der Waals surface area contributed by atoms with Gasteiger partial charge in [0.25, 0.3) is 0 Å². The van der Waals surface area contributed by atoms with Crippen LogP contribution in [0.25, 0.3) is 0 Å². The molecule has 0 aliphatic heterocycles. The van der Waals surface area contributed by atoms with E-state index >= 15 is 0 Å². The average molecular weight is 481 g/mol. The maximum Gasteiger partial charge on any atom is 0.311 e. The molecule has 0 heterocycles. The number of esters is 1. The molecule has 5 nitrogen and oxygen atoms in total. The maximum atomic E-state index is 13.5. The summed E-state index contributed by atoms with van der Waals surface area (Å²) in [7, 11) is 1.49. The van der Waals surface area contributed by atoms with E-state index in [9.17, 15) is 19.8 Å². The van der Waals surface area contributed by atoms with Crippen molar-refractivity contribution >= 4 is 11.8 Å². The Labute approximate surface area is 209 Å². The van der Waals surface area contributed by atoms with E-state index in [1.807, 2.05) is 6.08 Å². The van der Waals surface area contributed by atoms with Crippen molar-refractivity contribution in [1.29, 1.82) is 0 Å². The second kappa shape index (κ2) is 7.14. The summed E-state index contributed by atoms with van der Waals surface area (Å²) in [4.78, 5) is 26.4. The largest absolute Gasteiger partial charge is 0.504 e. The van der Waals surface area contributed by atoms with Gasteiger partial charge in [-0.3, -0.25) is 9.59 Å². The highest BCUT2D eigenvalue weighted by atomic mass is 16.5. The minimum absolute atomic E-state index is 0.0766. The van der Waals surface area contributed by atoms with Crippen LogP contribution in [0.2, 0.25) is 0 Å². The van der Waals surface area contributed by atoms with Gasteiger partial charge in [0.1, 0.15) is 0 Å². The van der Waals surface area contributed by atoms with Gasteiger partial charge in [-0.15, -0.1) is 0 Å². The first-order valence-electron chi connectivity index (χ1n) is 13.1. The molecule has 4 aliphatic rings. The van der Waals surface area contributed by atoms with Crippen LogP contribution in [0.5, 0.6) is 11.5 Å². The molecule has 0 bridgehead atoms. The number of fused-ring (bicyclic) bond motifs is 7. The fraction of sp³-hybridized carbons (Fsp3) is 0.667. The van der Waals surface area contributed by atoms with Crippen molar-refractivity contribution < 1.29 is 24.5 Å². The molecule has 35 heavy (non-hydrogen) atoms. The summed E-state index contributed by atoms with van der Waals surface area (Å²) in [6.07, 6.45) is 8.43. The van der Waals surface area contributed by atoms with Gasteiger partial charge in [0.2, 0.25) is 0 Å². The molecule has 5 heteroatoms. The van der Waals surface area contributed by atoms with E-state index < -0.39 is 5.41 Å². The normalized spacial score (nSPS) is 42.2. The number of ketones is 1. The number of rotatable bonds is 1. The van der Waals surface area contributed by atoms with Crippen molar-refractivity contribution in [2.45, 2.75) is 91.9 Å². The van der Waals surface area contributed by atoms with E-state index in [4.69, 9.17) is 4.74 Å². The number of aromatic hydroxyl groups is 2. The van der Waals surface area contributed by atoms with Crippen LogP contribution in [0, 0.1) is 34.5 Å². The van der Waals surface area contributed by atoms with Crippen LogP contribution in [-0.4, -0.2) is 29.1 Å². The van der Waals surface area contributed by atoms with E-state index in [0.717, 1.165) is 56.1 Å². The zero-order valence-corrected chi connectivity index (χ0v) is 22.3. The molecule has 2 N–H and O–H groups in total. The SMILES string of the molecule is COC(=O)C1(C)CCC2(C)CCC3(C)C4=CC(=O)c5c(cc(O)c(O)c5C)C4(C)CCC3(C)C2C1. The number of phenols is 2. The highest BCUT2D eigenvalue weighted by molar-refractivity contribution is 6.10. The summed E-state index contributed by atoms with van der Waals surface area (Å²) in [5, 5.41) is 20.8. The smallest absolute Gasteiger partial charge is 0.311 e. The Morgan fingerprint density at radius 2 is 1.66 bits per heavy atom. The number of methoxy groups -OCH3 is 1. The summed E-state index contributed by atoms with van der Waals surface area (Å²) in [6.45, 7) is 13.1. The number of phenolic OH excluding ortho intramolecular Hbond substituents is 2. The van der Waals surface area contributed by atoms with Crippen molar-refractivity contribution in [3.63, 3.8) is 0 Å². The molecular weight excluding hydrogens is 440 g/mol. The summed E-state index contributed by atoms with van der Waals surface area (Å²) in [5.74, 6) is -0.219. The fourth-order valence-electron chi connectivity index (χ4n) is 8.96. The molecule has 0 spiro atoms. The fourth-order valence-corrected chi connectivity index (χ4v) is 8.96. The molecule has 6 unspecified atom stereocenters. The molecule has 4 aliphatic carbocycles. The van der Waals surface area contributed by atoms with Crippen LogP contribution in [0.15, 0.2) is 17.7 Å². The van der Waals surface area contributed by atoms with E-state index in [0.29, 0.717) is 17.0 Å². The Balaban J connectivity index is 1.65. The number of carbonyl (C=O) groups is 2. The van der Waals surface area contributed by atoms with Crippen LogP contribution in [-0.2, 0) is 14.9 Å². The van der Waals surface area contributed by atoms with Gasteiger partial charge in [0.05, 0.1) is 12.5 Å². The van der Waals surface area contributed by atoms with Gasteiger partial charge in [0.15, 0.2) is 17.3 Å². The lowest BCUT2D eigenvalue weighted by Gasteiger charge is -2.69. The second-order valence-corrected chi connectivity index (χ2v) is 13.3. The van der Waals surface area contributed by atoms with Gasteiger partial charge in [-0.25, -0.2) is 0 Å². The maximum absolute atomic E-state index is 13.5. The Hall–Kier alpha value is -2.30. The third-order valence-electron chi connectivity index (χ3n) is 11.6. The zero-order valence-electron chi connectivity index (χ0n) is 22.3. The van der Waals surface area contributed by atoms with Gasteiger partial charge >= 0.3 is 5.97 Å². The first-order valence-corrected chi connectivity index (χ1v) is 13.1. The molecule has 190 valence electrons. The van der Waals surface area contributed by atoms with Crippen molar-refractivity contribution in [3.8, 4) is 11.5 Å². The van der Waals surface area contributed by atoms with Gasteiger partial charge in [-0.2, -0.15) is 0 Å². The van der Waals surface area contributed by atoms with Gasteiger partial charge < -0.3 is 14.9 Å². The molecule has 1 aromatic carbocycles. The predicted molar refractivity (Wildman–Crippen MR) is 135 cm³/mol. The van der Waals surface area contributed by atoms with Crippen LogP contribution >= 0.6 is 0 Å². The molecule has 6 atom stereocenters. The minimum atomic E-state index is -0.481. The number of allylic oxidation sites excluding steroid dienone is 2. The zero-order chi connectivity index (χ0) is 25.8. The first kappa shape index (κ1) is 24.4. The van der Waals surface area contributed by atoms with E-state index in [2.05, 4.69) is 34.6 Å². The van der Waals surface area contributed by atoms with Gasteiger partial charge in [-0.1, -0.05) is 27.7 Å². The lowest BCUT2D eigenvalue weighted by molar-refractivity contribution is -0.179. The summed E-state index contributed by atoms with van der Waals surface area (Å²) >= 11 is 0. The number of benzene rings is 1. The van der Waals surface area contributed by atoms with E-state index in [1.54, 1.807) is 13.0 Å². The van der Waals surface area contributed by atoms with E-state index in [1.165, 1.54) is 7.11 Å². The van der Waals surface area contributed by atoms with Crippen molar-refractivity contribution in [2.24, 2.45) is 27.6 Å². The molecule has 0 aromatic heterocycles. The number of carbonyl (C=O) groups excluding carboxylic acids is 2. The Kier molecular flexibility index (Phi) is 4.98. The van der Waals surface area contributed by atoms with Crippen LogP contribution in [0.3, 0.4) is 0 Å². The van der Waals surface area contributed by atoms with Crippen LogP contribution in [0.4, 0.5) is 0 Å². The highest BCUT2D eigenvalue weighted by Gasteiger charge is 2.67. The second-order valence-electron chi connectivity index (χ2n) is 13.3. The topological polar surface area (TPSA) is 83.8 Å². The molecule has 0 saturated heterocycles. The molecule has 3 saturated carbocycles. The summed E-state index contributed by atoms with van der Waals surface area (Å²) in [5.41, 5.74) is 1.99. The Morgan fingerprint density at radius 1 is 1.00 bits per heavy atom. The Bertz CT molecular complexity index is 1180. The molecule has 0 amide bonds. The third kappa shape index (κ3) is 2.87. The van der Waals surface area contributed by atoms with Crippen molar-refractivity contribution in [1.82, 2.24) is 0 Å². The molecule has 5 rings (SSSR count). The lowest BCUT2D eigenvalue weighted by Crippen LogP contribution is -2.62. The third-order valence-corrected chi connectivity index (χ3v) is 11.6.